The van der Waals surface area contributed by atoms with E-state index in [0.717, 1.165) is 18.2 Å². The highest BCUT2D eigenvalue weighted by atomic mass is 35.7. The van der Waals surface area contributed by atoms with Gasteiger partial charge in [0.2, 0.25) is 0 Å². The van der Waals surface area contributed by atoms with Crippen molar-refractivity contribution in [2.24, 2.45) is 0 Å². The van der Waals surface area contributed by atoms with Crippen LogP contribution in [0.3, 0.4) is 0 Å². The molecule has 1 amide bonds. The van der Waals surface area contributed by atoms with Gasteiger partial charge in [-0.25, -0.2) is 8.42 Å². The molecule has 1 N–H and O–H groups in total. The first-order valence-electron chi connectivity index (χ1n) is 4.57. The third-order valence-electron chi connectivity index (χ3n) is 1.98. The lowest BCUT2D eigenvalue weighted by Gasteiger charge is -2.10. The molecule has 0 atom stereocenters. The molecular weight excluding hydrogens is 330 g/mol. The number of amides is 1. The average molecular weight is 336 g/mol. The number of rotatable bonds is 3. The van der Waals surface area contributed by atoms with Gasteiger partial charge in [0.05, 0.1) is 4.90 Å². The molecule has 0 unspecified atom stereocenters. The molecule has 0 bridgehead atoms. The Morgan fingerprint density at radius 1 is 1.32 bits per heavy atom. The van der Waals surface area contributed by atoms with Crippen LogP contribution in [0.4, 0.5) is 18.9 Å². The Balaban J connectivity index is 3.12. The summed E-state index contributed by atoms with van der Waals surface area (Å²) in [5.74, 6) is -2.47. The zero-order valence-corrected chi connectivity index (χ0v) is 11.3. The fraction of sp³-hybridized carbons (Fsp3) is 0.222. The van der Waals surface area contributed by atoms with Crippen molar-refractivity contribution in [1.29, 1.82) is 0 Å². The van der Waals surface area contributed by atoms with E-state index in [2.05, 4.69) is 0 Å². The van der Waals surface area contributed by atoms with Gasteiger partial charge in [-0.3, -0.25) is 4.79 Å². The molecule has 1 rings (SSSR count). The van der Waals surface area contributed by atoms with E-state index in [9.17, 15) is 26.4 Å². The topological polar surface area (TPSA) is 63.2 Å². The van der Waals surface area contributed by atoms with Crippen molar-refractivity contribution in [2.75, 3.05) is 5.32 Å². The molecule has 0 saturated carbocycles. The summed E-state index contributed by atoms with van der Waals surface area (Å²) in [5.41, 5.74) is -0.251. The lowest BCUT2D eigenvalue weighted by Crippen LogP contribution is -2.29. The first-order chi connectivity index (χ1) is 8.55. The van der Waals surface area contributed by atoms with Gasteiger partial charge < -0.3 is 5.32 Å². The van der Waals surface area contributed by atoms with E-state index in [4.69, 9.17) is 22.3 Å². The minimum absolute atomic E-state index is 0.0170. The lowest BCUT2D eigenvalue weighted by molar-refractivity contribution is -0.167. The Bertz CT molecular complexity index is 601. The van der Waals surface area contributed by atoms with E-state index in [1.54, 1.807) is 5.32 Å². The van der Waals surface area contributed by atoms with Crippen molar-refractivity contribution in [2.45, 2.75) is 17.0 Å². The summed E-state index contributed by atoms with van der Waals surface area (Å²) in [7, 11) is 1.05. The predicted molar refractivity (Wildman–Crippen MR) is 63.7 cm³/mol. The van der Waals surface area contributed by atoms with Gasteiger partial charge in [0.15, 0.2) is 0 Å². The second-order valence-electron chi connectivity index (χ2n) is 3.35. The zero-order valence-electron chi connectivity index (χ0n) is 8.96. The van der Waals surface area contributed by atoms with Gasteiger partial charge in [0, 0.05) is 22.2 Å². The minimum atomic E-state index is -5.04. The third kappa shape index (κ3) is 4.26. The fourth-order valence-corrected chi connectivity index (χ4v) is 2.63. The molecule has 0 aliphatic heterocycles. The van der Waals surface area contributed by atoms with E-state index >= 15 is 0 Å². The average Bonchev–Trinajstić information content (AvgIpc) is 2.26. The predicted octanol–water partition coefficient (Wildman–Crippen LogP) is 2.85. The highest BCUT2D eigenvalue weighted by Crippen LogP contribution is 2.26. The number of benzene rings is 1. The molecule has 0 saturated heterocycles. The molecule has 0 heterocycles. The summed E-state index contributed by atoms with van der Waals surface area (Å²) in [4.78, 5) is 10.4. The number of hydrogen-bond donors (Lipinski definition) is 1. The SMILES string of the molecule is O=C(Nc1ccc(S(=O)(=O)Cl)c(CCl)c1)C(F)(F)F. The minimum Gasteiger partial charge on any atom is -0.318 e. The molecule has 0 aliphatic rings. The Labute approximate surface area is 115 Å². The molecule has 0 radical (unpaired) electrons. The highest BCUT2D eigenvalue weighted by Gasteiger charge is 2.38. The Kier molecular flexibility index (Phi) is 4.70. The first kappa shape index (κ1) is 16.1. The van der Waals surface area contributed by atoms with Crippen molar-refractivity contribution in [1.82, 2.24) is 0 Å². The highest BCUT2D eigenvalue weighted by molar-refractivity contribution is 8.13. The van der Waals surface area contributed by atoms with Crippen molar-refractivity contribution in [3.63, 3.8) is 0 Å². The number of carbonyl (C=O) groups is 1. The number of alkyl halides is 4. The van der Waals surface area contributed by atoms with E-state index in [-0.39, 0.29) is 22.0 Å². The van der Waals surface area contributed by atoms with Gasteiger partial charge in [-0.1, -0.05) is 0 Å². The fourth-order valence-electron chi connectivity index (χ4n) is 1.20. The Hall–Kier alpha value is -0.990. The largest absolute Gasteiger partial charge is 0.471 e. The van der Waals surface area contributed by atoms with Crippen molar-refractivity contribution in [3.8, 4) is 0 Å². The van der Waals surface area contributed by atoms with E-state index in [1.807, 2.05) is 0 Å². The van der Waals surface area contributed by atoms with Gasteiger partial charge in [0.25, 0.3) is 9.05 Å². The van der Waals surface area contributed by atoms with Crippen LogP contribution in [-0.2, 0) is 19.7 Å². The monoisotopic (exact) mass is 335 g/mol. The second-order valence-corrected chi connectivity index (χ2v) is 6.15. The number of carbonyl (C=O) groups excluding carboxylic acids is 1. The molecule has 106 valence electrons. The van der Waals surface area contributed by atoms with Gasteiger partial charge in [-0.15, -0.1) is 11.6 Å². The standard InChI is InChI=1S/C9H6Cl2F3NO3S/c10-4-5-3-6(15-8(16)9(12,13)14)1-2-7(5)19(11,17)18/h1-3H,4H2,(H,15,16). The smallest absolute Gasteiger partial charge is 0.318 e. The van der Waals surface area contributed by atoms with Crippen LogP contribution in [-0.4, -0.2) is 20.5 Å². The normalized spacial score (nSPS) is 12.3. The van der Waals surface area contributed by atoms with E-state index in [0.29, 0.717) is 0 Å². The summed E-state index contributed by atoms with van der Waals surface area (Å²) < 4.78 is 58.4. The van der Waals surface area contributed by atoms with Gasteiger partial charge in [-0.05, 0) is 23.8 Å². The number of halogens is 5. The van der Waals surface area contributed by atoms with Crippen LogP contribution in [0.2, 0.25) is 0 Å². The molecule has 0 aliphatic carbocycles. The van der Waals surface area contributed by atoms with Crippen molar-refractivity contribution in [3.05, 3.63) is 23.8 Å². The summed E-state index contributed by atoms with van der Waals surface area (Å²) in [6, 6.07) is 2.95. The van der Waals surface area contributed by atoms with Crippen LogP contribution >= 0.6 is 22.3 Å². The van der Waals surface area contributed by atoms with E-state index < -0.39 is 21.1 Å². The van der Waals surface area contributed by atoms with E-state index in [1.165, 1.54) is 0 Å². The summed E-state index contributed by atoms with van der Waals surface area (Å²) in [5, 5.41) is 1.57. The van der Waals surface area contributed by atoms with Crippen LogP contribution < -0.4 is 5.32 Å². The molecule has 1 aromatic carbocycles. The van der Waals surface area contributed by atoms with Crippen LogP contribution in [0, 0.1) is 0 Å². The van der Waals surface area contributed by atoms with Gasteiger partial charge >= 0.3 is 12.1 Å². The van der Waals surface area contributed by atoms with Crippen LogP contribution in [0.5, 0.6) is 0 Å². The van der Waals surface area contributed by atoms with Crippen LogP contribution in [0.1, 0.15) is 5.56 Å². The number of nitrogens with one attached hydrogen (secondary N) is 1. The maximum atomic E-state index is 12.0. The first-order valence-corrected chi connectivity index (χ1v) is 7.42. The van der Waals surface area contributed by atoms with Gasteiger partial charge in [-0.2, -0.15) is 13.2 Å². The molecule has 0 spiro atoms. The summed E-state index contributed by atoms with van der Waals surface area (Å²) >= 11 is 5.48. The lowest BCUT2D eigenvalue weighted by atomic mass is 10.2. The number of anilines is 1. The quantitative estimate of drug-likeness (QED) is 0.682. The summed E-state index contributed by atoms with van der Waals surface area (Å²) in [6.45, 7) is 0. The van der Waals surface area contributed by atoms with Crippen LogP contribution in [0.25, 0.3) is 0 Å². The molecule has 0 aromatic heterocycles. The molecule has 1 aromatic rings. The Morgan fingerprint density at radius 3 is 2.32 bits per heavy atom. The van der Waals surface area contributed by atoms with Crippen molar-refractivity contribution >= 4 is 42.9 Å². The zero-order chi connectivity index (χ0) is 14.8. The van der Waals surface area contributed by atoms with Crippen molar-refractivity contribution < 1.29 is 26.4 Å². The van der Waals surface area contributed by atoms with Gasteiger partial charge in [0.1, 0.15) is 0 Å². The maximum Gasteiger partial charge on any atom is 0.471 e. The molecule has 19 heavy (non-hydrogen) atoms. The molecule has 4 nitrogen and oxygen atoms in total. The van der Waals surface area contributed by atoms with Crippen LogP contribution in [0.15, 0.2) is 23.1 Å². The second kappa shape index (κ2) is 5.56. The molecule has 10 heteroatoms. The Morgan fingerprint density at radius 2 is 1.89 bits per heavy atom. The third-order valence-corrected chi connectivity index (χ3v) is 3.69. The molecular formula is C9H6Cl2F3NO3S. The molecule has 0 fully saturated rings. The number of hydrogen-bond acceptors (Lipinski definition) is 3. The maximum absolute atomic E-state index is 12.0. The summed E-state index contributed by atoms with van der Waals surface area (Å²) in [6.07, 6.45) is -5.04.